The minimum absolute atomic E-state index is 0.0365. The van der Waals surface area contributed by atoms with Crippen LogP contribution in [-0.2, 0) is 24.3 Å². The fourth-order valence-corrected chi connectivity index (χ4v) is 3.83. The summed E-state index contributed by atoms with van der Waals surface area (Å²) in [5.74, 6) is 1.05. The molecule has 0 fully saturated rings. The number of hydrogen-bond donors (Lipinski definition) is 1. The van der Waals surface area contributed by atoms with Gasteiger partial charge in [-0.25, -0.2) is 0 Å². The van der Waals surface area contributed by atoms with E-state index in [1.807, 2.05) is 28.8 Å². The van der Waals surface area contributed by atoms with E-state index in [0.29, 0.717) is 12.3 Å². The van der Waals surface area contributed by atoms with E-state index in [2.05, 4.69) is 33.0 Å². The third kappa shape index (κ3) is 5.34. The number of hydrogen-bond acceptors (Lipinski definition) is 6. The molecule has 0 radical (unpaired) electrons. The quantitative estimate of drug-likeness (QED) is 0.571. The van der Waals surface area contributed by atoms with Crippen LogP contribution in [-0.4, -0.2) is 33.5 Å². The van der Waals surface area contributed by atoms with Crippen LogP contribution in [0.1, 0.15) is 10.4 Å². The van der Waals surface area contributed by atoms with E-state index in [1.165, 1.54) is 16.6 Å². The van der Waals surface area contributed by atoms with Crippen LogP contribution < -0.4 is 10.1 Å². The molecule has 0 spiro atoms. The Morgan fingerprint density at radius 1 is 1.35 bits per heavy atom. The van der Waals surface area contributed by atoms with Crippen LogP contribution in [0.3, 0.4) is 0 Å². The molecule has 0 aliphatic rings. The Balaban J connectivity index is 1.45. The number of methoxy groups -OCH3 is 1. The van der Waals surface area contributed by atoms with Gasteiger partial charge in [0.05, 0.1) is 12.9 Å². The third-order valence-corrected chi connectivity index (χ3v) is 5.63. The van der Waals surface area contributed by atoms with Crippen LogP contribution in [0.5, 0.6) is 5.75 Å². The van der Waals surface area contributed by atoms with Crippen molar-refractivity contribution in [3.8, 4) is 5.75 Å². The van der Waals surface area contributed by atoms with Gasteiger partial charge in [0.1, 0.15) is 12.1 Å². The number of nitrogens with zero attached hydrogens (tertiary/aromatic N) is 3. The maximum atomic E-state index is 12.1. The maximum Gasteiger partial charge on any atom is 0.230 e. The van der Waals surface area contributed by atoms with Crippen molar-refractivity contribution in [1.82, 2.24) is 20.1 Å². The molecule has 1 amide bonds. The number of carbonyl (C=O) groups excluding carboxylic acids is 1. The van der Waals surface area contributed by atoms with E-state index in [-0.39, 0.29) is 5.91 Å². The van der Waals surface area contributed by atoms with Gasteiger partial charge in [-0.3, -0.25) is 4.79 Å². The lowest BCUT2D eigenvalue weighted by Crippen LogP contribution is -2.24. The molecule has 2 heterocycles. The van der Waals surface area contributed by atoms with Crippen molar-refractivity contribution in [2.75, 3.05) is 12.9 Å². The average Bonchev–Trinajstić information content (AvgIpc) is 3.34. The standard InChI is InChI=1S/C18H20N4O2S2/c1-24-15-5-2-4-14(10-15)11-19-17(23)12-26-18-21-20-13-22(18)8-7-16-6-3-9-25-16/h2-6,9-10,13H,7-8,11-12H2,1H3,(H,19,23). The number of ether oxygens (including phenoxy) is 1. The molecule has 3 rings (SSSR count). The van der Waals surface area contributed by atoms with E-state index >= 15 is 0 Å². The van der Waals surface area contributed by atoms with E-state index in [4.69, 9.17) is 4.74 Å². The lowest BCUT2D eigenvalue weighted by atomic mass is 10.2. The summed E-state index contributed by atoms with van der Waals surface area (Å²) in [5.41, 5.74) is 1.00. The first-order chi connectivity index (χ1) is 12.7. The highest BCUT2D eigenvalue weighted by molar-refractivity contribution is 7.99. The normalized spacial score (nSPS) is 10.7. The van der Waals surface area contributed by atoms with Gasteiger partial charge in [-0.05, 0) is 35.6 Å². The Hall–Kier alpha value is -2.32. The maximum absolute atomic E-state index is 12.1. The number of thiophene rings is 1. The molecule has 1 N–H and O–H groups in total. The molecule has 1 aromatic carbocycles. The van der Waals surface area contributed by atoms with Crippen LogP contribution in [0.15, 0.2) is 53.3 Å². The van der Waals surface area contributed by atoms with E-state index < -0.39 is 0 Å². The molecular formula is C18H20N4O2S2. The molecule has 0 atom stereocenters. The van der Waals surface area contributed by atoms with Gasteiger partial charge in [0.15, 0.2) is 5.16 Å². The SMILES string of the molecule is COc1cccc(CNC(=O)CSc2nncn2CCc2cccs2)c1. The predicted octanol–water partition coefficient (Wildman–Crippen LogP) is 3.00. The van der Waals surface area contributed by atoms with Crippen molar-refractivity contribution < 1.29 is 9.53 Å². The van der Waals surface area contributed by atoms with E-state index in [1.54, 1.807) is 24.8 Å². The number of nitrogens with one attached hydrogen (secondary N) is 1. The third-order valence-electron chi connectivity index (χ3n) is 3.72. The summed E-state index contributed by atoms with van der Waals surface area (Å²) in [6.45, 7) is 1.28. The molecule has 6 nitrogen and oxygen atoms in total. The van der Waals surface area contributed by atoms with Crippen LogP contribution in [0.2, 0.25) is 0 Å². The molecule has 0 saturated carbocycles. The molecular weight excluding hydrogens is 368 g/mol. The summed E-state index contributed by atoms with van der Waals surface area (Å²) < 4.78 is 7.17. The van der Waals surface area contributed by atoms with Gasteiger partial charge in [-0.1, -0.05) is 30.0 Å². The van der Waals surface area contributed by atoms with Crippen molar-refractivity contribution in [3.63, 3.8) is 0 Å². The van der Waals surface area contributed by atoms with Gasteiger partial charge >= 0.3 is 0 Å². The fraction of sp³-hybridized carbons (Fsp3) is 0.278. The van der Waals surface area contributed by atoms with Crippen molar-refractivity contribution in [3.05, 3.63) is 58.5 Å². The summed E-state index contributed by atoms with van der Waals surface area (Å²) in [4.78, 5) is 13.4. The Kier molecular flexibility index (Phi) is 6.68. The van der Waals surface area contributed by atoms with Gasteiger partial charge < -0.3 is 14.6 Å². The topological polar surface area (TPSA) is 69.0 Å². The van der Waals surface area contributed by atoms with Crippen LogP contribution in [0.25, 0.3) is 0 Å². The van der Waals surface area contributed by atoms with Gasteiger partial charge in [-0.15, -0.1) is 21.5 Å². The average molecular weight is 389 g/mol. The van der Waals surface area contributed by atoms with Gasteiger partial charge in [0.25, 0.3) is 0 Å². The molecule has 26 heavy (non-hydrogen) atoms. The van der Waals surface area contributed by atoms with Crippen molar-refractivity contribution in [2.45, 2.75) is 24.7 Å². The van der Waals surface area contributed by atoms with Crippen molar-refractivity contribution in [2.24, 2.45) is 0 Å². The number of carbonyl (C=O) groups is 1. The second kappa shape index (κ2) is 9.40. The molecule has 2 aromatic heterocycles. The zero-order chi connectivity index (χ0) is 18.2. The second-order valence-corrected chi connectivity index (χ2v) is 7.53. The summed E-state index contributed by atoms with van der Waals surface area (Å²) in [5, 5.41) is 13.8. The smallest absolute Gasteiger partial charge is 0.230 e. The Labute approximate surface area is 160 Å². The zero-order valence-electron chi connectivity index (χ0n) is 14.4. The molecule has 0 saturated heterocycles. The highest BCUT2D eigenvalue weighted by atomic mass is 32.2. The molecule has 0 aliphatic heterocycles. The molecule has 136 valence electrons. The van der Waals surface area contributed by atoms with E-state index in [9.17, 15) is 4.79 Å². The minimum Gasteiger partial charge on any atom is -0.497 e. The number of benzene rings is 1. The first kappa shape index (κ1) is 18.5. The monoisotopic (exact) mass is 388 g/mol. The molecule has 0 aliphatic carbocycles. The van der Waals surface area contributed by atoms with Crippen LogP contribution in [0.4, 0.5) is 0 Å². The van der Waals surface area contributed by atoms with Crippen molar-refractivity contribution in [1.29, 1.82) is 0 Å². The summed E-state index contributed by atoms with van der Waals surface area (Å²) >= 11 is 3.14. The van der Waals surface area contributed by atoms with Gasteiger partial charge in [0, 0.05) is 18.0 Å². The predicted molar refractivity (Wildman–Crippen MR) is 104 cm³/mol. The zero-order valence-corrected chi connectivity index (χ0v) is 16.1. The minimum atomic E-state index is -0.0365. The number of amides is 1. The van der Waals surface area contributed by atoms with Gasteiger partial charge in [0.2, 0.25) is 5.91 Å². The largest absolute Gasteiger partial charge is 0.497 e. The van der Waals surface area contributed by atoms with Gasteiger partial charge in [-0.2, -0.15) is 0 Å². The number of aromatic nitrogens is 3. The Morgan fingerprint density at radius 2 is 2.27 bits per heavy atom. The lowest BCUT2D eigenvalue weighted by Gasteiger charge is -2.07. The van der Waals surface area contributed by atoms with Crippen LogP contribution in [0, 0.1) is 0 Å². The molecule has 8 heteroatoms. The number of aryl methyl sites for hydroxylation is 2. The number of rotatable bonds is 9. The Morgan fingerprint density at radius 3 is 3.08 bits per heavy atom. The fourth-order valence-electron chi connectivity index (χ4n) is 2.36. The Bertz CT molecular complexity index is 833. The number of thioether (sulfide) groups is 1. The lowest BCUT2D eigenvalue weighted by molar-refractivity contribution is -0.118. The van der Waals surface area contributed by atoms with E-state index in [0.717, 1.165) is 29.4 Å². The van der Waals surface area contributed by atoms with Crippen LogP contribution >= 0.6 is 23.1 Å². The first-order valence-electron chi connectivity index (χ1n) is 8.17. The summed E-state index contributed by atoms with van der Waals surface area (Å²) in [6, 6.07) is 11.8. The molecule has 0 bridgehead atoms. The second-order valence-electron chi connectivity index (χ2n) is 5.55. The highest BCUT2D eigenvalue weighted by Gasteiger charge is 2.09. The first-order valence-corrected chi connectivity index (χ1v) is 10.0. The summed E-state index contributed by atoms with van der Waals surface area (Å²) in [6.07, 6.45) is 2.65. The molecule has 0 unspecified atom stereocenters. The van der Waals surface area contributed by atoms with Crippen molar-refractivity contribution >= 4 is 29.0 Å². The highest BCUT2D eigenvalue weighted by Crippen LogP contribution is 2.17. The summed E-state index contributed by atoms with van der Waals surface area (Å²) in [7, 11) is 1.63. The molecule has 3 aromatic rings.